The Morgan fingerprint density at radius 3 is 2.29 bits per heavy atom. The number of halogens is 3. The van der Waals surface area contributed by atoms with Crippen LogP contribution >= 0.6 is 0 Å². The van der Waals surface area contributed by atoms with Gasteiger partial charge >= 0.3 is 12.3 Å². The summed E-state index contributed by atoms with van der Waals surface area (Å²) in [6, 6.07) is 19.4. The van der Waals surface area contributed by atoms with Crippen LogP contribution in [0.4, 0.5) is 18.0 Å². The van der Waals surface area contributed by atoms with Gasteiger partial charge in [0.25, 0.3) is 0 Å². The maximum Gasteiger partial charge on any atom is 0.416 e. The molecule has 3 aliphatic rings. The molecule has 3 aromatic rings. The number of ether oxygens (including phenoxy) is 1. The van der Waals surface area contributed by atoms with Gasteiger partial charge in [-0.1, -0.05) is 91.9 Å². The zero-order valence-electron chi connectivity index (χ0n) is 28.2. The van der Waals surface area contributed by atoms with Gasteiger partial charge in [-0.25, -0.2) is 4.79 Å². The maximum atomic E-state index is 14.3. The highest BCUT2D eigenvalue weighted by molar-refractivity contribution is 5.99. The van der Waals surface area contributed by atoms with Crippen LogP contribution in [0.3, 0.4) is 0 Å². The highest BCUT2D eigenvalue weighted by atomic mass is 19.4. The van der Waals surface area contributed by atoms with Crippen LogP contribution in [0, 0.1) is 0 Å². The van der Waals surface area contributed by atoms with Gasteiger partial charge in [0.05, 0.1) is 24.1 Å². The number of β-lactam (4-membered cyclic amide) rings is 1. The number of carbonyl (C=O) groups is 4. The maximum absolute atomic E-state index is 14.3. The second-order valence-corrected chi connectivity index (χ2v) is 12.8. The van der Waals surface area contributed by atoms with Crippen molar-refractivity contribution in [3.05, 3.63) is 113 Å². The summed E-state index contributed by atoms with van der Waals surface area (Å²) in [5.41, 5.74) is 0.939. The van der Waals surface area contributed by atoms with Gasteiger partial charge < -0.3 is 24.8 Å². The molecule has 6 rings (SSSR count). The lowest BCUT2D eigenvalue weighted by molar-refractivity contribution is -0.164. The van der Waals surface area contributed by atoms with Gasteiger partial charge in [0.1, 0.15) is 18.7 Å². The number of hydrogen-bond acceptors (Lipinski definition) is 6. The third kappa shape index (κ3) is 7.93. The molecule has 51 heavy (non-hydrogen) atoms. The molecule has 3 heterocycles. The van der Waals surface area contributed by atoms with E-state index in [-0.39, 0.29) is 31.0 Å². The van der Waals surface area contributed by atoms with Gasteiger partial charge in [-0.3, -0.25) is 19.3 Å². The van der Waals surface area contributed by atoms with E-state index in [0.717, 1.165) is 29.8 Å². The number of carbonyl (C=O) groups excluding carboxylic acids is 4. The first-order valence-electron chi connectivity index (χ1n) is 17.0. The van der Waals surface area contributed by atoms with Crippen molar-refractivity contribution in [1.29, 1.82) is 0 Å². The van der Waals surface area contributed by atoms with Crippen LogP contribution < -0.4 is 5.32 Å². The van der Waals surface area contributed by atoms with Crippen LogP contribution in [0.5, 0.6) is 0 Å². The summed E-state index contributed by atoms with van der Waals surface area (Å²) in [5.74, 6) is -1.56. The van der Waals surface area contributed by atoms with Crippen LogP contribution in [-0.4, -0.2) is 101 Å². The largest absolute Gasteiger partial charge is 0.447 e. The predicted molar refractivity (Wildman–Crippen MR) is 183 cm³/mol. The second kappa shape index (κ2) is 15.4. The van der Waals surface area contributed by atoms with E-state index in [4.69, 9.17) is 4.74 Å². The summed E-state index contributed by atoms with van der Waals surface area (Å²) in [6.07, 6.45) is -2.05. The minimum Gasteiger partial charge on any atom is -0.447 e. The van der Waals surface area contributed by atoms with E-state index in [2.05, 4.69) is 10.2 Å². The van der Waals surface area contributed by atoms with Crippen LogP contribution in [0.1, 0.15) is 41.6 Å². The molecule has 0 aromatic heterocycles. The van der Waals surface area contributed by atoms with E-state index < -0.39 is 53.8 Å². The Kier molecular flexibility index (Phi) is 10.8. The third-order valence-electron chi connectivity index (χ3n) is 9.73. The number of likely N-dealkylation sites (tertiary alicyclic amines) is 1. The lowest BCUT2D eigenvalue weighted by atomic mass is 9.87. The van der Waals surface area contributed by atoms with Gasteiger partial charge in [-0.2, -0.15) is 13.2 Å². The average Bonchev–Trinajstić information content (AvgIpc) is 3.52. The van der Waals surface area contributed by atoms with Crippen molar-refractivity contribution >= 4 is 29.9 Å². The predicted octanol–water partition coefficient (Wildman–Crippen LogP) is 4.73. The lowest BCUT2D eigenvalue weighted by Crippen LogP contribution is -2.74. The molecule has 0 bridgehead atoms. The zero-order chi connectivity index (χ0) is 36.1. The fourth-order valence-corrected chi connectivity index (χ4v) is 6.89. The number of rotatable bonds is 11. The number of benzene rings is 3. The van der Waals surface area contributed by atoms with Crippen molar-refractivity contribution in [2.24, 2.45) is 0 Å². The van der Waals surface area contributed by atoms with Crippen molar-refractivity contribution in [2.45, 2.75) is 50.2 Å². The molecule has 0 aliphatic carbocycles. The van der Waals surface area contributed by atoms with Crippen LogP contribution in [-0.2, 0) is 31.8 Å². The summed E-state index contributed by atoms with van der Waals surface area (Å²) in [5, 5.41) is 2.69. The molecule has 0 unspecified atom stereocenters. The Bertz CT molecular complexity index is 1750. The number of alkyl halides is 3. The lowest BCUT2D eigenvalue weighted by Gasteiger charge is -2.52. The molecule has 0 radical (unpaired) electrons. The molecular formula is C38H40F3N5O5. The molecular weight excluding hydrogens is 663 g/mol. The first kappa shape index (κ1) is 35.6. The van der Waals surface area contributed by atoms with Crippen LogP contribution in [0.15, 0.2) is 91.0 Å². The van der Waals surface area contributed by atoms with E-state index in [0.29, 0.717) is 26.2 Å². The fourth-order valence-electron chi connectivity index (χ4n) is 6.89. The summed E-state index contributed by atoms with van der Waals surface area (Å²) < 4.78 is 45.7. The highest BCUT2D eigenvalue weighted by Gasteiger charge is 2.58. The molecule has 3 aromatic carbocycles. The Labute approximate surface area is 294 Å². The minimum atomic E-state index is -4.57. The van der Waals surface area contributed by atoms with Gasteiger partial charge in [-0.05, 0) is 35.4 Å². The Hall–Kier alpha value is -5.17. The average molecular weight is 704 g/mol. The summed E-state index contributed by atoms with van der Waals surface area (Å²) in [7, 11) is 0. The second-order valence-electron chi connectivity index (χ2n) is 12.8. The number of cyclic esters (lactones) is 1. The van der Waals surface area contributed by atoms with E-state index in [1.807, 2.05) is 67.6 Å². The van der Waals surface area contributed by atoms with E-state index in [1.54, 1.807) is 17.1 Å². The first-order valence-corrected chi connectivity index (χ1v) is 17.0. The van der Waals surface area contributed by atoms with Crippen LogP contribution in [0.2, 0.25) is 0 Å². The molecule has 10 nitrogen and oxygen atoms in total. The Balaban J connectivity index is 1.31. The minimum absolute atomic E-state index is 0.0326. The molecule has 0 spiro atoms. The summed E-state index contributed by atoms with van der Waals surface area (Å²) >= 11 is 0. The smallest absolute Gasteiger partial charge is 0.416 e. The fraction of sp³-hybridized carbons (Fsp3) is 0.368. The standard InChI is InChI=1S/C38H40F3N5O5/c1-2-43-18-20-44(21-19-43)33(47)23-31(35(48)42-24-27-12-9-15-29(22-27)38(39,40)41)45-30(17-16-26-10-5-3-6-11-26)34(36(45)49)46-32(25-51-37(46)50)28-13-7-4-8-14-28/h3-17,22,30-32,34H,2,18-21,23-25H2,1H3,(H,42,48)/b17-16+/t30-,31+,32-,34+/m1/s1. The Morgan fingerprint density at radius 2 is 1.63 bits per heavy atom. The number of likely N-dealkylation sites (N-methyl/N-ethyl adjacent to an activating group) is 1. The van der Waals surface area contributed by atoms with E-state index in [1.165, 1.54) is 21.9 Å². The first-order chi connectivity index (χ1) is 24.5. The SMILES string of the molecule is CCN1CCN(C(=O)C[C@@H](C(=O)NCc2cccc(C(F)(F)F)c2)N2C(=O)[C@@H](N3C(=O)OC[C@@H]3c3ccccc3)[C@H]2/C=C/c2ccccc2)CC1. The molecule has 0 saturated carbocycles. The van der Waals surface area contributed by atoms with Crippen molar-refractivity contribution in [1.82, 2.24) is 24.9 Å². The number of amides is 4. The molecule has 3 aliphatic heterocycles. The molecule has 3 fully saturated rings. The number of nitrogens with zero attached hydrogens (tertiary/aromatic N) is 4. The summed E-state index contributed by atoms with van der Waals surface area (Å²) in [4.78, 5) is 62.0. The van der Waals surface area contributed by atoms with Gasteiger partial charge in [0, 0.05) is 32.7 Å². The van der Waals surface area contributed by atoms with Gasteiger partial charge in [0.15, 0.2) is 0 Å². The normalized spacial score (nSPS) is 21.8. The Morgan fingerprint density at radius 1 is 0.941 bits per heavy atom. The quantitative estimate of drug-likeness (QED) is 0.290. The van der Waals surface area contributed by atoms with Crippen molar-refractivity contribution in [2.75, 3.05) is 39.3 Å². The molecule has 13 heteroatoms. The van der Waals surface area contributed by atoms with E-state index >= 15 is 0 Å². The van der Waals surface area contributed by atoms with Crippen molar-refractivity contribution in [3.8, 4) is 0 Å². The van der Waals surface area contributed by atoms with Crippen LogP contribution in [0.25, 0.3) is 6.08 Å². The van der Waals surface area contributed by atoms with Crippen molar-refractivity contribution < 1.29 is 37.1 Å². The molecule has 4 atom stereocenters. The van der Waals surface area contributed by atoms with Gasteiger partial charge in [-0.15, -0.1) is 0 Å². The van der Waals surface area contributed by atoms with Crippen molar-refractivity contribution in [3.63, 3.8) is 0 Å². The molecule has 1 N–H and O–H groups in total. The van der Waals surface area contributed by atoms with E-state index in [9.17, 15) is 32.3 Å². The molecule has 3 saturated heterocycles. The summed E-state index contributed by atoms with van der Waals surface area (Å²) in [6.45, 7) is 4.90. The van der Waals surface area contributed by atoms with Gasteiger partial charge in [0.2, 0.25) is 17.7 Å². The number of hydrogen-bond donors (Lipinski definition) is 1. The highest BCUT2D eigenvalue weighted by Crippen LogP contribution is 2.39. The molecule has 268 valence electrons. The topological polar surface area (TPSA) is 103 Å². The number of nitrogens with one attached hydrogen (secondary N) is 1. The monoisotopic (exact) mass is 703 g/mol. The zero-order valence-corrected chi connectivity index (χ0v) is 28.2. The molecule has 4 amide bonds. The number of piperazine rings is 1. The third-order valence-corrected chi connectivity index (χ3v) is 9.73.